The SMILES string of the molecule is Cn1cncc1CNC(=O)C1CCCN1C(=O)c1cc(Cl)ccc1Cl. The van der Waals surface area contributed by atoms with E-state index in [9.17, 15) is 9.59 Å². The summed E-state index contributed by atoms with van der Waals surface area (Å²) in [5.74, 6) is -0.448. The lowest BCUT2D eigenvalue weighted by Gasteiger charge is -2.24. The summed E-state index contributed by atoms with van der Waals surface area (Å²) in [6.07, 6.45) is 4.77. The Kier molecular flexibility index (Phi) is 5.30. The molecule has 1 aromatic heterocycles. The molecular formula is C17H18Cl2N4O2. The van der Waals surface area contributed by atoms with Crippen LogP contribution < -0.4 is 5.32 Å². The molecule has 1 saturated heterocycles. The highest BCUT2D eigenvalue weighted by molar-refractivity contribution is 6.35. The first-order chi connectivity index (χ1) is 12.0. The van der Waals surface area contributed by atoms with Crippen LogP contribution in [0.5, 0.6) is 0 Å². The van der Waals surface area contributed by atoms with Crippen molar-refractivity contribution in [3.63, 3.8) is 0 Å². The summed E-state index contributed by atoms with van der Waals surface area (Å²) < 4.78 is 1.84. The predicted octanol–water partition coefficient (Wildman–Crippen LogP) is 2.65. The van der Waals surface area contributed by atoms with Gasteiger partial charge in [0.1, 0.15) is 6.04 Å². The van der Waals surface area contributed by atoms with Crippen LogP contribution in [0.4, 0.5) is 0 Å². The number of aromatic nitrogens is 2. The van der Waals surface area contributed by atoms with E-state index in [0.29, 0.717) is 35.1 Å². The van der Waals surface area contributed by atoms with Crippen LogP contribution in [-0.2, 0) is 18.4 Å². The van der Waals surface area contributed by atoms with Crippen LogP contribution in [0, 0.1) is 0 Å². The number of hydrogen-bond donors (Lipinski definition) is 1. The zero-order valence-electron chi connectivity index (χ0n) is 13.7. The van der Waals surface area contributed by atoms with E-state index >= 15 is 0 Å². The average molecular weight is 381 g/mol. The molecule has 8 heteroatoms. The summed E-state index contributed by atoms with van der Waals surface area (Å²) in [6.45, 7) is 0.886. The first-order valence-corrected chi connectivity index (χ1v) is 8.72. The van der Waals surface area contributed by atoms with Crippen LogP contribution >= 0.6 is 23.2 Å². The maximum Gasteiger partial charge on any atom is 0.256 e. The zero-order valence-corrected chi connectivity index (χ0v) is 15.2. The Morgan fingerprint density at radius 2 is 2.16 bits per heavy atom. The molecule has 0 aliphatic carbocycles. The minimum atomic E-state index is -0.504. The lowest BCUT2D eigenvalue weighted by Crippen LogP contribution is -2.45. The lowest BCUT2D eigenvalue weighted by molar-refractivity contribution is -0.125. The van der Waals surface area contributed by atoms with Crippen LogP contribution in [0.1, 0.15) is 28.9 Å². The average Bonchev–Trinajstić information content (AvgIpc) is 3.23. The number of benzene rings is 1. The van der Waals surface area contributed by atoms with Crippen molar-refractivity contribution in [2.75, 3.05) is 6.54 Å². The molecule has 0 bridgehead atoms. The number of halogens is 2. The van der Waals surface area contributed by atoms with Crippen LogP contribution in [-0.4, -0.2) is 38.9 Å². The van der Waals surface area contributed by atoms with Crippen molar-refractivity contribution >= 4 is 35.0 Å². The van der Waals surface area contributed by atoms with Crippen LogP contribution in [0.25, 0.3) is 0 Å². The Morgan fingerprint density at radius 3 is 2.88 bits per heavy atom. The number of imidazole rings is 1. The van der Waals surface area contributed by atoms with Crippen molar-refractivity contribution in [1.82, 2.24) is 19.8 Å². The number of carbonyl (C=O) groups excluding carboxylic acids is 2. The molecule has 0 radical (unpaired) electrons. The van der Waals surface area contributed by atoms with Crippen molar-refractivity contribution in [3.8, 4) is 0 Å². The molecule has 2 aromatic rings. The zero-order chi connectivity index (χ0) is 18.0. The Labute approximate surface area is 155 Å². The minimum Gasteiger partial charge on any atom is -0.349 e. The van der Waals surface area contributed by atoms with Crippen molar-refractivity contribution in [2.24, 2.45) is 7.05 Å². The maximum absolute atomic E-state index is 12.8. The molecule has 0 saturated carbocycles. The van der Waals surface area contributed by atoms with Gasteiger partial charge in [-0.15, -0.1) is 0 Å². The van der Waals surface area contributed by atoms with Gasteiger partial charge in [-0.05, 0) is 31.0 Å². The Morgan fingerprint density at radius 1 is 1.36 bits per heavy atom. The summed E-state index contributed by atoms with van der Waals surface area (Å²) in [4.78, 5) is 31.0. The maximum atomic E-state index is 12.8. The third-order valence-corrected chi connectivity index (χ3v) is 4.90. The fourth-order valence-corrected chi connectivity index (χ4v) is 3.32. The topological polar surface area (TPSA) is 67.2 Å². The summed E-state index contributed by atoms with van der Waals surface area (Å²) in [5.41, 5.74) is 1.21. The van der Waals surface area contributed by atoms with Crippen molar-refractivity contribution in [3.05, 3.63) is 52.0 Å². The van der Waals surface area contributed by atoms with Crippen molar-refractivity contribution < 1.29 is 9.59 Å². The largest absolute Gasteiger partial charge is 0.349 e. The number of rotatable bonds is 4. The van der Waals surface area contributed by atoms with Crippen LogP contribution in [0.3, 0.4) is 0 Å². The highest BCUT2D eigenvalue weighted by Gasteiger charge is 2.35. The van der Waals surface area contributed by atoms with Gasteiger partial charge in [-0.3, -0.25) is 9.59 Å². The quantitative estimate of drug-likeness (QED) is 0.886. The number of likely N-dealkylation sites (tertiary alicyclic amines) is 1. The molecule has 1 aromatic carbocycles. The Bertz CT molecular complexity index is 806. The van der Waals surface area contributed by atoms with Gasteiger partial charge in [-0.1, -0.05) is 23.2 Å². The molecule has 0 spiro atoms. The van der Waals surface area contributed by atoms with Gasteiger partial charge in [0, 0.05) is 24.8 Å². The molecule has 2 heterocycles. The number of carbonyl (C=O) groups is 2. The molecule has 25 heavy (non-hydrogen) atoms. The molecule has 1 fully saturated rings. The number of nitrogens with zero attached hydrogens (tertiary/aromatic N) is 3. The molecule has 1 aliphatic rings. The summed E-state index contributed by atoms with van der Waals surface area (Å²) >= 11 is 12.1. The second-order valence-corrected chi connectivity index (χ2v) is 6.84. The molecule has 2 amide bonds. The van der Waals surface area contributed by atoms with E-state index in [1.54, 1.807) is 29.6 Å². The molecular weight excluding hydrogens is 363 g/mol. The number of nitrogens with one attached hydrogen (secondary N) is 1. The molecule has 1 atom stereocenters. The van der Waals surface area contributed by atoms with Crippen molar-refractivity contribution in [1.29, 1.82) is 0 Å². The Hall–Kier alpha value is -2.05. The Balaban J connectivity index is 1.71. The van der Waals surface area contributed by atoms with Gasteiger partial charge in [0.15, 0.2) is 0 Å². The highest BCUT2D eigenvalue weighted by Crippen LogP contribution is 2.26. The van der Waals surface area contributed by atoms with Crippen molar-refractivity contribution in [2.45, 2.75) is 25.4 Å². The van der Waals surface area contributed by atoms with E-state index in [0.717, 1.165) is 12.1 Å². The molecule has 1 N–H and O–H groups in total. The van der Waals surface area contributed by atoms with E-state index < -0.39 is 6.04 Å². The van der Waals surface area contributed by atoms with E-state index in [-0.39, 0.29) is 11.8 Å². The number of amides is 2. The number of aryl methyl sites for hydroxylation is 1. The van der Waals surface area contributed by atoms with E-state index in [1.807, 2.05) is 11.6 Å². The van der Waals surface area contributed by atoms with E-state index in [4.69, 9.17) is 23.2 Å². The predicted molar refractivity (Wildman–Crippen MR) is 95.6 cm³/mol. The fraction of sp³-hybridized carbons (Fsp3) is 0.353. The van der Waals surface area contributed by atoms with Gasteiger partial charge in [0.05, 0.1) is 29.2 Å². The molecule has 1 unspecified atom stereocenters. The highest BCUT2D eigenvalue weighted by atomic mass is 35.5. The minimum absolute atomic E-state index is 0.176. The lowest BCUT2D eigenvalue weighted by atomic mass is 10.1. The monoisotopic (exact) mass is 380 g/mol. The van der Waals surface area contributed by atoms with Gasteiger partial charge in [0.2, 0.25) is 5.91 Å². The van der Waals surface area contributed by atoms with E-state index in [1.165, 1.54) is 6.07 Å². The normalized spacial score (nSPS) is 16.9. The second-order valence-electron chi connectivity index (χ2n) is 5.99. The molecule has 132 valence electrons. The molecule has 6 nitrogen and oxygen atoms in total. The smallest absolute Gasteiger partial charge is 0.256 e. The molecule has 1 aliphatic heterocycles. The third kappa shape index (κ3) is 3.80. The van der Waals surface area contributed by atoms with Gasteiger partial charge in [-0.25, -0.2) is 4.98 Å². The first-order valence-electron chi connectivity index (χ1n) is 7.96. The van der Waals surface area contributed by atoms with Gasteiger partial charge >= 0.3 is 0 Å². The van der Waals surface area contributed by atoms with Gasteiger partial charge < -0.3 is 14.8 Å². The second kappa shape index (κ2) is 7.45. The van der Waals surface area contributed by atoms with Crippen LogP contribution in [0.15, 0.2) is 30.7 Å². The fourth-order valence-electron chi connectivity index (χ4n) is 2.95. The summed E-state index contributed by atoms with van der Waals surface area (Å²) in [6, 6.07) is 4.25. The first kappa shape index (κ1) is 17.8. The summed E-state index contributed by atoms with van der Waals surface area (Å²) in [7, 11) is 1.86. The van der Waals surface area contributed by atoms with Crippen LogP contribution in [0.2, 0.25) is 10.0 Å². The summed E-state index contributed by atoms with van der Waals surface area (Å²) in [5, 5.41) is 3.64. The van der Waals surface area contributed by atoms with Gasteiger partial charge in [0.25, 0.3) is 5.91 Å². The van der Waals surface area contributed by atoms with E-state index in [2.05, 4.69) is 10.3 Å². The number of hydrogen-bond acceptors (Lipinski definition) is 3. The molecule has 3 rings (SSSR count). The van der Waals surface area contributed by atoms with Gasteiger partial charge in [-0.2, -0.15) is 0 Å². The third-order valence-electron chi connectivity index (χ3n) is 4.34. The standard InChI is InChI=1S/C17H18Cl2N4O2/c1-22-10-20-8-12(22)9-21-16(24)15-3-2-6-23(15)17(25)13-7-11(18)4-5-14(13)19/h4-5,7-8,10,15H,2-3,6,9H2,1H3,(H,21,24).